The molecule has 0 saturated heterocycles. The quantitative estimate of drug-likeness (QED) is 0.783. The first-order valence-corrected chi connectivity index (χ1v) is 7.59. The molecule has 2 heterocycles. The molecule has 0 unspecified atom stereocenters. The van der Waals surface area contributed by atoms with Crippen molar-refractivity contribution in [3.05, 3.63) is 64.2 Å². The van der Waals surface area contributed by atoms with Gasteiger partial charge in [-0.2, -0.15) is 0 Å². The number of rotatable bonds is 4. The van der Waals surface area contributed by atoms with Gasteiger partial charge in [-0.05, 0) is 37.6 Å². The zero-order valence-corrected chi connectivity index (χ0v) is 13.4. The number of nitrogens with zero attached hydrogens (tertiary/aromatic N) is 4. The molecule has 2 aromatic heterocycles. The molecule has 0 saturated carbocycles. The lowest BCUT2D eigenvalue weighted by Gasteiger charge is -2.14. The Bertz CT molecular complexity index is 934. The summed E-state index contributed by atoms with van der Waals surface area (Å²) in [6.45, 7) is 3.58. The molecule has 24 heavy (non-hydrogen) atoms. The lowest BCUT2D eigenvalue weighted by Crippen LogP contribution is -2.35. The van der Waals surface area contributed by atoms with E-state index >= 15 is 0 Å². The lowest BCUT2D eigenvalue weighted by molar-refractivity contribution is -0.122. The second-order valence-corrected chi connectivity index (χ2v) is 5.59. The van der Waals surface area contributed by atoms with Gasteiger partial charge in [-0.15, -0.1) is 5.10 Å². The largest absolute Gasteiger partial charge is 0.348 e. The fourth-order valence-corrected chi connectivity index (χ4v) is 2.37. The first kappa shape index (κ1) is 15.8. The summed E-state index contributed by atoms with van der Waals surface area (Å²) in [5.41, 5.74) is 1.99. The van der Waals surface area contributed by atoms with Crippen LogP contribution < -0.4 is 10.9 Å². The van der Waals surface area contributed by atoms with Gasteiger partial charge in [-0.25, -0.2) is 4.68 Å². The van der Waals surface area contributed by atoms with E-state index in [9.17, 15) is 9.59 Å². The predicted molar refractivity (Wildman–Crippen MR) is 89.3 cm³/mol. The summed E-state index contributed by atoms with van der Waals surface area (Å²) in [6, 6.07) is 10.5. The third-order valence-corrected chi connectivity index (χ3v) is 3.73. The SMILES string of the molecule is Cc1ccc([C@H](C)NC(=O)Cn2nnc3ccccc3c2=O)cn1. The van der Waals surface area contributed by atoms with Gasteiger partial charge in [-0.3, -0.25) is 14.6 Å². The number of hydrogen-bond donors (Lipinski definition) is 1. The van der Waals surface area contributed by atoms with Crippen LogP contribution in [0.2, 0.25) is 0 Å². The van der Waals surface area contributed by atoms with E-state index in [1.54, 1.807) is 30.5 Å². The molecule has 1 amide bonds. The van der Waals surface area contributed by atoms with Gasteiger partial charge in [0.15, 0.2) is 0 Å². The molecule has 1 aromatic carbocycles. The van der Waals surface area contributed by atoms with E-state index in [-0.39, 0.29) is 24.1 Å². The monoisotopic (exact) mass is 323 g/mol. The van der Waals surface area contributed by atoms with Crippen molar-refractivity contribution in [2.45, 2.75) is 26.4 Å². The average Bonchev–Trinajstić information content (AvgIpc) is 2.58. The molecule has 3 aromatic rings. The first-order chi connectivity index (χ1) is 11.5. The molecule has 0 aliphatic carbocycles. The number of amides is 1. The molecule has 0 spiro atoms. The fourth-order valence-electron chi connectivity index (χ4n) is 2.37. The van der Waals surface area contributed by atoms with Crippen LogP contribution in [0.25, 0.3) is 10.9 Å². The molecule has 0 bridgehead atoms. The third kappa shape index (κ3) is 3.29. The second-order valence-electron chi connectivity index (χ2n) is 5.59. The van der Waals surface area contributed by atoms with E-state index < -0.39 is 0 Å². The smallest absolute Gasteiger partial charge is 0.278 e. The molecule has 3 rings (SSSR count). The van der Waals surface area contributed by atoms with Crippen molar-refractivity contribution in [1.29, 1.82) is 0 Å². The van der Waals surface area contributed by atoms with Crippen LogP contribution in [0.1, 0.15) is 24.2 Å². The van der Waals surface area contributed by atoms with Gasteiger partial charge in [0, 0.05) is 11.9 Å². The van der Waals surface area contributed by atoms with E-state index in [2.05, 4.69) is 20.6 Å². The molecule has 0 aliphatic heterocycles. The number of benzene rings is 1. The molecular formula is C17H17N5O2. The number of fused-ring (bicyclic) bond motifs is 1. The maximum absolute atomic E-state index is 12.3. The van der Waals surface area contributed by atoms with Crippen molar-refractivity contribution in [2.75, 3.05) is 0 Å². The van der Waals surface area contributed by atoms with Gasteiger partial charge in [0.05, 0.1) is 11.4 Å². The van der Waals surface area contributed by atoms with E-state index in [0.29, 0.717) is 10.9 Å². The average molecular weight is 323 g/mol. The highest BCUT2D eigenvalue weighted by molar-refractivity contribution is 5.78. The summed E-state index contributed by atoms with van der Waals surface area (Å²) in [7, 11) is 0. The van der Waals surface area contributed by atoms with Gasteiger partial charge in [0.2, 0.25) is 5.91 Å². The van der Waals surface area contributed by atoms with Gasteiger partial charge in [0.25, 0.3) is 5.56 Å². The minimum Gasteiger partial charge on any atom is -0.348 e. The Morgan fingerprint density at radius 1 is 1.25 bits per heavy atom. The van der Waals surface area contributed by atoms with E-state index in [1.165, 1.54) is 0 Å². The summed E-state index contributed by atoms with van der Waals surface area (Å²) in [4.78, 5) is 28.7. The highest BCUT2D eigenvalue weighted by Crippen LogP contribution is 2.11. The Morgan fingerprint density at radius 2 is 2.04 bits per heavy atom. The van der Waals surface area contributed by atoms with Crippen LogP contribution in [0.5, 0.6) is 0 Å². The van der Waals surface area contributed by atoms with Gasteiger partial charge >= 0.3 is 0 Å². The fraction of sp³-hybridized carbons (Fsp3) is 0.235. The normalized spacial score (nSPS) is 12.1. The summed E-state index contributed by atoms with van der Waals surface area (Å²) in [6.07, 6.45) is 1.72. The van der Waals surface area contributed by atoms with Crippen LogP contribution in [-0.4, -0.2) is 25.9 Å². The molecule has 1 N–H and O–H groups in total. The van der Waals surface area contributed by atoms with Crippen molar-refractivity contribution >= 4 is 16.8 Å². The Balaban J connectivity index is 1.74. The van der Waals surface area contributed by atoms with Crippen molar-refractivity contribution in [2.24, 2.45) is 0 Å². The standard InChI is InChI=1S/C17H17N5O2/c1-11-7-8-13(9-18-11)12(2)19-16(23)10-22-17(24)14-5-3-4-6-15(14)20-21-22/h3-9,12H,10H2,1-2H3,(H,19,23)/t12-/m0/s1. The molecule has 0 radical (unpaired) electrons. The molecule has 7 nitrogen and oxygen atoms in total. The van der Waals surface area contributed by atoms with E-state index in [1.807, 2.05) is 26.0 Å². The summed E-state index contributed by atoms with van der Waals surface area (Å²) >= 11 is 0. The topological polar surface area (TPSA) is 89.8 Å². The van der Waals surface area contributed by atoms with Gasteiger partial charge < -0.3 is 5.32 Å². The van der Waals surface area contributed by atoms with Crippen LogP contribution in [0.3, 0.4) is 0 Å². The van der Waals surface area contributed by atoms with Crippen LogP contribution in [0, 0.1) is 6.92 Å². The van der Waals surface area contributed by atoms with Crippen molar-refractivity contribution in [3.63, 3.8) is 0 Å². The van der Waals surface area contributed by atoms with Crippen molar-refractivity contribution in [3.8, 4) is 0 Å². The molecule has 7 heteroatoms. The first-order valence-electron chi connectivity index (χ1n) is 7.59. The lowest BCUT2D eigenvalue weighted by atomic mass is 10.1. The molecule has 0 fully saturated rings. The maximum Gasteiger partial charge on any atom is 0.278 e. The van der Waals surface area contributed by atoms with Crippen LogP contribution >= 0.6 is 0 Å². The Labute approximate surface area is 138 Å². The molecule has 122 valence electrons. The number of aryl methyl sites for hydroxylation is 1. The number of carbonyl (C=O) groups is 1. The van der Waals surface area contributed by atoms with E-state index in [4.69, 9.17) is 0 Å². The minimum atomic E-state index is -0.333. The number of carbonyl (C=O) groups excluding carboxylic acids is 1. The molecule has 1 atom stereocenters. The van der Waals surface area contributed by atoms with Crippen molar-refractivity contribution in [1.82, 2.24) is 25.3 Å². The van der Waals surface area contributed by atoms with Crippen molar-refractivity contribution < 1.29 is 4.79 Å². The van der Waals surface area contributed by atoms with Crippen LogP contribution in [0.4, 0.5) is 0 Å². The summed E-state index contributed by atoms with van der Waals surface area (Å²) in [5, 5.41) is 11.1. The predicted octanol–water partition coefficient (Wildman–Crippen LogP) is 1.37. The second kappa shape index (κ2) is 6.57. The van der Waals surface area contributed by atoms with Gasteiger partial charge in [-0.1, -0.05) is 23.4 Å². The highest BCUT2D eigenvalue weighted by Gasteiger charge is 2.13. The summed E-state index contributed by atoms with van der Waals surface area (Å²) < 4.78 is 1.07. The number of hydrogen-bond acceptors (Lipinski definition) is 5. The third-order valence-electron chi connectivity index (χ3n) is 3.73. The number of nitrogens with one attached hydrogen (secondary N) is 1. The maximum atomic E-state index is 12.3. The van der Waals surface area contributed by atoms with Gasteiger partial charge in [0.1, 0.15) is 12.1 Å². The van der Waals surface area contributed by atoms with Crippen LogP contribution in [0.15, 0.2) is 47.4 Å². The zero-order valence-electron chi connectivity index (χ0n) is 13.4. The van der Waals surface area contributed by atoms with Crippen LogP contribution in [-0.2, 0) is 11.3 Å². The Kier molecular flexibility index (Phi) is 4.33. The van der Waals surface area contributed by atoms with E-state index in [0.717, 1.165) is 15.9 Å². The number of pyridine rings is 1. The molecule has 0 aliphatic rings. The molecular weight excluding hydrogens is 306 g/mol. The Morgan fingerprint density at radius 3 is 2.79 bits per heavy atom. The minimum absolute atomic E-state index is 0.180. The highest BCUT2D eigenvalue weighted by atomic mass is 16.2. The Hall–Kier alpha value is -3.09. The zero-order chi connectivity index (χ0) is 17.1. The number of aromatic nitrogens is 4. The summed E-state index contributed by atoms with van der Waals surface area (Å²) in [5.74, 6) is -0.310.